The largest absolute Gasteiger partial charge is 0.493 e. The number of hydrogen-bond donors (Lipinski definition) is 1. The number of hydrogen-bond acceptors (Lipinski definition) is 3. The molecule has 3 heteroatoms. The van der Waals surface area contributed by atoms with E-state index in [1.807, 2.05) is 18.2 Å². The molecule has 0 aromatic heterocycles. The van der Waals surface area contributed by atoms with Crippen molar-refractivity contribution in [3.8, 4) is 11.5 Å². The lowest BCUT2D eigenvalue weighted by Gasteiger charge is -2.07. The summed E-state index contributed by atoms with van der Waals surface area (Å²) < 4.78 is 10.2. The molecule has 0 atom stereocenters. The summed E-state index contributed by atoms with van der Waals surface area (Å²) in [5, 5.41) is 0. The van der Waals surface area contributed by atoms with Gasteiger partial charge in [0.25, 0.3) is 0 Å². The molecule has 0 aliphatic rings. The van der Waals surface area contributed by atoms with Gasteiger partial charge < -0.3 is 15.2 Å². The second-order valence-electron chi connectivity index (χ2n) is 2.39. The van der Waals surface area contributed by atoms with Gasteiger partial charge >= 0.3 is 0 Å². The Hall–Kier alpha value is -1.22. The van der Waals surface area contributed by atoms with Crippen LogP contribution < -0.4 is 15.2 Å². The van der Waals surface area contributed by atoms with E-state index in [0.717, 1.165) is 17.1 Å². The lowest BCUT2D eigenvalue weighted by Crippen LogP contribution is -1.97. The summed E-state index contributed by atoms with van der Waals surface area (Å²) in [5.41, 5.74) is 6.50. The number of benzene rings is 1. The molecule has 2 N–H and O–H groups in total. The van der Waals surface area contributed by atoms with E-state index in [1.54, 1.807) is 14.2 Å². The zero-order valence-electron chi connectivity index (χ0n) is 7.33. The number of nitrogens with two attached hydrogens (primary N) is 1. The van der Waals surface area contributed by atoms with Crippen molar-refractivity contribution in [2.24, 2.45) is 5.73 Å². The molecule has 0 radical (unpaired) electrons. The molecule has 0 saturated carbocycles. The van der Waals surface area contributed by atoms with Gasteiger partial charge in [0.15, 0.2) is 11.5 Å². The van der Waals surface area contributed by atoms with Crippen molar-refractivity contribution in [2.45, 2.75) is 14.0 Å². The molecule has 0 saturated heterocycles. The Kier molecular flexibility index (Phi) is 4.92. The third kappa shape index (κ3) is 2.63. The van der Waals surface area contributed by atoms with Crippen LogP contribution in [0.5, 0.6) is 11.5 Å². The van der Waals surface area contributed by atoms with E-state index in [4.69, 9.17) is 15.2 Å². The Morgan fingerprint density at radius 1 is 1.15 bits per heavy atom. The molecule has 3 nitrogen and oxygen atoms in total. The van der Waals surface area contributed by atoms with Crippen molar-refractivity contribution >= 4 is 0 Å². The first-order valence-corrected chi connectivity index (χ1v) is 3.72. The van der Waals surface area contributed by atoms with E-state index in [-0.39, 0.29) is 7.43 Å². The van der Waals surface area contributed by atoms with E-state index in [9.17, 15) is 0 Å². The Bertz CT molecular complexity index is 261. The molecule has 0 amide bonds. The molecule has 0 unspecified atom stereocenters. The van der Waals surface area contributed by atoms with Crippen LogP contribution >= 0.6 is 0 Å². The molecular weight excluding hydrogens is 166 g/mol. The van der Waals surface area contributed by atoms with Crippen LogP contribution in [0.15, 0.2) is 18.2 Å². The highest BCUT2D eigenvalue weighted by atomic mass is 16.5. The summed E-state index contributed by atoms with van der Waals surface area (Å²) in [6, 6.07) is 5.64. The second kappa shape index (κ2) is 5.43. The van der Waals surface area contributed by atoms with Crippen molar-refractivity contribution in [3.05, 3.63) is 23.8 Å². The Morgan fingerprint density at radius 3 is 2.23 bits per heavy atom. The maximum Gasteiger partial charge on any atom is 0.161 e. The van der Waals surface area contributed by atoms with Crippen LogP contribution in [0.2, 0.25) is 0 Å². The van der Waals surface area contributed by atoms with Crippen molar-refractivity contribution in [1.29, 1.82) is 0 Å². The summed E-state index contributed by atoms with van der Waals surface area (Å²) in [5.74, 6) is 1.45. The molecule has 13 heavy (non-hydrogen) atoms. The third-order valence-corrected chi connectivity index (χ3v) is 1.68. The van der Waals surface area contributed by atoms with E-state index < -0.39 is 0 Å². The monoisotopic (exact) mass is 183 g/mol. The molecule has 1 aromatic carbocycles. The Morgan fingerprint density at radius 2 is 1.77 bits per heavy atom. The van der Waals surface area contributed by atoms with Gasteiger partial charge in [-0.15, -0.1) is 0 Å². The zero-order chi connectivity index (χ0) is 8.97. The second-order valence-corrected chi connectivity index (χ2v) is 2.39. The van der Waals surface area contributed by atoms with Gasteiger partial charge in [0.2, 0.25) is 0 Å². The van der Waals surface area contributed by atoms with Crippen LogP contribution in [-0.4, -0.2) is 14.2 Å². The minimum Gasteiger partial charge on any atom is -0.493 e. The van der Waals surface area contributed by atoms with Gasteiger partial charge in [-0.1, -0.05) is 13.5 Å². The molecule has 0 bridgehead atoms. The van der Waals surface area contributed by atoms with Crippen molar-refractivity contribution < 1.29 is 9.47 Å². The summed E-state index contributed by atoms with van der Waals surface area (Å²) in [6.45, 7) is 0.514. The highest BCUT2D eigenvalue weighted by Crippen LogP contribution is 2.27. The van der Waals surface area contributed by atoms with Crippen LogP contribution in [0.1, 0.15) is 13.0 Å². The van der Waals surface area contributed by atoms with Crippen LogP contribution in [0, 0.1) is 0 Å². The molecular formula is C10H17NO2. The summed E-state index contributed by atoms with van der Waals surface area (Å²) in [6.07, 6.45) is 0. The lowest BCUT2D eigenvalue weighted by molar-refractivity contribution is 0.354. The van der Waals surface area contributed by atoms with E-state index in [1.165, 1.54) is 0 Å². The molecule has 0 spiro atoms. The maximum absolute atomic E-state index is 5.47. The number of methoxy groups -OCH3 is 2. The molecule has 0 fully saturated rings. The van der Waals surface area contributed by atoms with Crippen LogP contribution in [0.4, 0.5) is 0 Å². The quantitative estimate of drug-likeness (QED) is 0.777. The summed E-state index contributed by atoms with van der Waals surface area (Å²) in [7, 11) is 3.22. The van der Waals surface area contributed by atoms with Gasteiger partial charge in [0.1, 0.15) is 0 Å². The van der Waals surface area contributed by atoms with Gasteiger partial charge in [-0.2, -0.15) is 0 Å². The summed E-state index contributed by atoms with van der Waals surface area (Å²) >= 11 is 0. The minimum absolute atomic E-state index is 0. The van der Waals surface area contributed by atoms with Gasteiger partial charge in [0.05, 0.1) is 14.2 Å². The average Bonchev–Trinajstić information content (AvgIpc) is 2.16. The number of ether oxygens (including phenoxy) is 2. The van der Waals surface area contributed by atoms with Crippen LogP contribution in [-0.2, 0) is 6.54 Å². The topological polar surface area (TPSA) is 44.5 Å². The van der Waals surface area contributed by atoms with Crippen molar-refractivity contribution in [3.63, 3.8) is 0 Å². The smallest absolute Gasteiger partial charge is 0.161 e. The standard InChI is InChI=1S/C9H13NO2.CH4/c1-11-8-4-3-7(6-10)5-9(8)12-2;/h3-5H,6,10H2,1-2H3;1H4. The predicted molar refractivity (Wildman–Crippen MR) is 54.2 cm³/mol. The van der Waals surface area contributed by atoms with Crippen molar-refractivity contribution in [2.75, 3.05) is 14.2 Å². The fourth-order valence-corrected chi connectivity index (χ4v) is 1.01. The third-order valence-electron chi connectivity index (χ3n) is 1.68. The highest BCUT2D eigenvalue weighted by molar-refractivity contribution is 5.42. The van der Waals surface area contributed by atoms with Crippen molar-refractivity contribution in [1.82, 2.24) is 0 Å². The van der Waals surface area contributed by atoms with Crippen LogP contribution in [0.25, 0.3) is 0 Å². The summed E-state index contributed by atoms with van der Waals surface area (Å²) in [4.78, 5) is 0. The van der Waals surface area contributed by atoms with Gasteiger partial charge in [-0.25, -0.2) is 0 Å². The van der Waals surface area contributed by atoms with Gasteiger partial charge in [-0.3, -0.25) is 0 Å². The zero-order valence-corrected chi connectivity index (χ0v) is 7.33. The molecule has 0 heterocycles. The Labute approximate surface area is 79.5 Å². The van der Waals surface area contributed by atoms with E-state index in [2.05, 4.69) is 0 Å². The Balaban J connectivity index is 0.00000144. The van der Waals surface area contributed by atoms with Gasteiger partial charge in [0, 0.05) is 6.54 Å². The minimum atomic E-state index is 0. The first-order chi connectivity index (χ1) is 5.81. The molecule has 1 aromatic rings. The van der Waals surface area contributed by atoms with Crippen LogP contribution in [0.3, 0.4) is 0 Å². The molecule has 74 valence electrons. The predicted octanol–water partition coefficient (Wildman–Crippen LogP) is 1.80. The molecule has 0 aliphatic heterocycles. The highest BCUT2D eigenvalue weighted by Gasteiger charge is 2.02. The SMILES string of the molecule is C.COc1ccc(CN)cc1OC. The van der Waals surface area contributed by atoms with E-state index in [0.29, 0.717) is 6.54 Å². The fraction of sp³-hybridized carbons (Fsp3) is 0.400. The average molecular weight is 183 g/mol. The maximum atomic E-state index is 5.47. The molecule has 1 rings (SSSR count). The van der Waals surface area contributed by atoms with E-state index >= 15 is 0 Å². The lowest BCUT2D eigenvalue weighted by atomic mass is 10.2. The first-order valence-electron chi connectivity index (χ1n) is 3.72. The van der Waals surface area contributed by atoms with Gasteiger partial charge in [-0.05, 0) is 17.7 Å². The normalized spacial score (nSPS) is 8.85. The number of rotatable bonds is 3. The fourth-order valence-electron chi connectivity index (χ4n) is 1.01. The molecule has 0 aliphatic carbocycles. The first kappa shape index (κ1) is 11.8.